The van der Waals surface area contributed by atoms with E-state index in [1.165, 1.54) is 43.5 Å². The van der Waals surface area contributed by atoms with Crippen LogP contribution in [0.2, 0.25) is 0 Å². The number of esters is 1. The summed E-state index contributed by atoms with van der Waals surface area (Å²) >= 11 is 0. The van der Waals surface area contributed by atoms with Crippen LogP contribution in [0.15, 0.2) is 45.6 Å². The fourth-order valence-electron chi connectivity index (χ4n) is 3.93. The number of alkyl halides is 3. The van der Waals surface area contributed by atoms with E-state index in [-0.39, 0.29) is 40.1 Å². The predicted molar refractivity (Wildman–Crippen MR) is 111 cm³/mol. The molecule has 10 heteroatoms. The fraction of sp³-hybridized carbons (Fsp3) is 0.304. The average Bonchev–Trinajstić information content (AvgIpc) is 3.30. The van der Waals surface area contributed by atoms with E-state index in [2.05, 4.69) is 4.74 Å². The van der Waals surface area contributed by atoms with Crippen molar-refractivity contribution >= 4 is 16.9 Å². The molecule has 2 N–H and O–H groups in total. The highest BCUT2D eigenvalue weighted by Crippen LogP contribution is 2.39. The molecule has 4 rings (SSSR count). The van der Waals surface area contributed by atoms with Crippen LogP contribution >= 0.6 is 0 Å². The molecule has 1 aliphatic heterocycles. The minimum Gasteiger partial charge on any atom is -0.507 e. The molecule has 1 aliphatic rings. The van der Waals surface area contributed by atoms with Gasteiger partial charge in [0, 0.05) is 12.8 Å². The monoisotopic (exact) mass is 464 g/mol. The van der Waals surface area contributed by atoms with Crippen molar-refractivity contribution in [2.45, 2.75) is 25.6 Å². The van der Waals surface area contributed by atoms with Gasteiger partial charge in [0.2, 0.25) is 11.2 Å². The van der Waals surface area contributed by atoms with Gasteiger partial charge in [-0.15, -0.1) is 0 Å². The lowest BCUT2D eigenvalue weighted by atomic mass is 10.1. The Kier molecular flexibility index (Phi) is 6.03. The number of nitrogens with one attached hydrogen (secondary N) is 1. The Morgan fingerprint density at radius 1 is 1.12 bits per heavy atom. The molecule has 0 unspecified atom stereocenters. The second-order valence-corrected chi connectivity index (χ2v) is 7.78. The zero-order chi connectivity index (χ0) is 23.8. The lowest BCUT2D eigenvalue weighted by molar-refractivity contribution is -0.901. The summed E-state index contributed by atoms with van der Waals surface area (Å²) in [6.07, 6.45) is -3.07. The third-order valence-electron chi connectivity index (χ3n) is 5.59. The van der Waals surface area contributed by atoms with Crippen molar-refractivity contribution in [2.24, 2.45) is 0 Å². The van der Waals surface area contributed by atoms with Crippen molar-refractivity contribution in [3.05, 3.63) is 63.5 Å². The summed E-state index contributed by atoms with van der Waals surface area (Å²) in [5.74, 6) is -3.58. The molecule has 0 aliphatic carbocycles. The smallest absolute Gasteiger partial charge is 0.453 e. The number of rotatable bonds is 5. The van der Waals surface area contributed by atoms with Crippen molar-refractivity contribution in [2.75, 3.05) is 20.2 Å². The van der Waals surface area contributed by atoms with Crippen LogP contribution in [0, 0.1) is 0 Å². The number of benzene rings is 2. The van der Waals surface area contributed by atoms with E-state index in [4.69, 9.17) is 9.15 Å². The Morgan fingerprint density at radius 2 is 1.79 bits per heavy atom. The van der Waals surface area contributed by atoms with Crippen LogP contribution in [-0.2, 0) is 17.5 Å². The van der Waals surface area contributed by atoms with Crippen LogP contribution < -0.4 is 15.1 Å². The Hall–Kier alpha value is -3.53. The number of hydrogen-bond acceptors (Lipinski definition) is 6. The van der Waals surface area contributed by atoms with Gasteiger partial charge in [-0.05, 0) is 36.4 Å². The van der Waals surface area contributed by atoms with Gasteiger partial charge in [0.05, 0.1) is 36.7 Å². The average molecular weight is 464 g/mol. The Bertz CT molecular complexity index is 1240. The summed E-state index contributed by atoms with van der Waals surface area (Å²) < 4.78 is 56.7. The quantitative estimate of drug-likeness (QED) is 0.564. The lowest BCUT2D eigenvalue weighted by Crippen LogP contribution is -3.08. The number of quaternary nitrogens is 1. The Balaban J connectivity index is 1.82. The maximum Gasteiger partial charge on any atom is 0.453 e. The van der Waals surface area contributed by atoms with Crippen molar-refractivity contribution in [1.29, 1.82) is 0 Å². The standard InChI is InChI=1S/C23H20F3NO6/c1-31-22(30)13-4-6-14(7-5-13)32-20-18(29)15-8-9-17(28)16(12-27-10-2-3-11-27)19(15)33-21(20)23(24,25)26/h4-9,28H,2-3,10-12H2,1H3/p+1. The second kappa shape index (κ2) is 8.78. The third kappa shape index (κ3) is 4.51. The number of methoxy groups -OCH3 is 1. The van der Waals surface area contributed by atoms with Crippen LogP contribution in [0.1, 0.15) is 34.5 Å². The summed E-state index contributed by atoms with van der Waals surface area (Å²) in [5.41, 5.74) is -1.00. The number of hydrogen-bond donors (Lipinski definition) is 2. The van der Waals surface area contributed by atoms with Crippen LogP contribution in [0.3, 0.4) is 0 Å². The van der Waals surface area contributed by atoms with Gasteiger partial charge in [0.25, 0.3) is 5.76 Å². The van der Waals surface area contributed by atoms with Gasteiger partial charge in [-0.1, -0.05) is 0 Å². The van der Waals surface area contributed by atoms with Crippen molar-refractivity contribution in [3.8, 4) is 17.2 Å². The Morgan fingerprint density at radius 3 is 2.39 bits per heavy atom. The molecule has 1 fully saturated rings. The highest BCUT2D eigenvalue weighted by atomic mass is 19.4. The molecule has 0 amide bonds. The maximum atomic E-state index is 13.9. The van der Waals surface area contributed by atoms with Crippen molar-refractivity contribution in [3.63, 3.8) is 0 Å². The third-order valence-corrected chi connectivity index (χ3v) is 5.59. The molecule has 3 aromatic rings. The molecule has 0 spiro atoms. The molecule has 1 aromatic heterocycles. The van der Waals surface area contributed by atoms with Crippen LogP contribution in [-0.4, -0.2) is 31.3 Å². The SMILES string of the molecule is COC(=O)c1ccc(Oc2c(C(F)(F)F)oc3c(C[NH+]4CCCC4)c(O)ccc3c2=O)cc1. The number of aromatic hydroxyl groups is 1. The zero-order valence-electron chi connectivity index (χ0n) is 17.6. The number of halogens is 3. The van der Waals surface area contributed by atoms with Crippen LogP contribution in [0.4, 0.5) is 13.2 Å². The summed E-state index contributed by atoms with van der Waals surface area (Å²) in [6, 6.07) is 7.57. The second-order valence-electron chi connectivity index (χ2n) is 7.78. The largest absolute Gasteiger partial charge is 0.507 e. The number of likely N-dealkylation sites (tertiary alicyclic amines) is 1. The van der Waals surface area contributed by atoms with Gasteiger partial charge >= 0.3 is 12.1 Å². The van der Waals surface area contributed by atoms with Gasteiger partial charge < -0.3 is 23.9 Å². The normalized spacial score (nSPS) is 14.5. The van der Waals surface area contributed by atoms with Crippen molar-refractivity contribution < 1.29 is 41.9 Å². The molecule has 174 valence electrons. The molecule has 2 aromatic carbocycles. The topological polar surface area (TPSA) is 90.4 Å². The number of carbonyl (C=O) groups is 1. The number of carbonyl (C=O) groups excluding carboxylic acids is 1. The predicted octanol–water partition coefficient (Wildman–Crippen LogP) is 3.28. The van der Waals surface area contributed by atoms with Crippen LogP contribution in [0.5, 0.6) is 17.2 Å². The summed E-state index contributed by atoms with van der Waals surface area (Å²) in [5, 5.41) is 10.2. The van der Waals surface area contributed by atoms with Gasteiger partial charge in [0.15, 0.2) is 5.58 Å². The number of phenols is 1. The Labute approximate surface area is 185 Å². The molecule has 2 heterocycles. The highest BCUT2D eigenvalue weighted by molar-refractivity contribution is 5.89. The van der Waals surface area contributed by atoms with E-state index in [9.17, 15) is 27.9 Å². The highest BCUT2D eigenvalue weighted by Gasteiger charge is 2.41. The fourth-order valence-corrected chi connectivity index (χ4v) is 3.93. The number of phenolic OH excluding ortho intramolecular Hbond substituents is 1. The van der Waals surface area contributed by atoms with Crippen LogP contribution in [0.25, 0.3) is 11.0 Å². The van der Waals surface area contributed by atoms with Gasteiger partial charge in [-0.25, -0.2) is 4.79 Å². The maximum absolute atomic E-state index is 13.9. The molecule has 0 bridgehead atoms. The first-order valence-electron chi connectivity index (χ1n) is 10.3. The van der Waals surface area contributed by atoms with Gasteiger partial charge in [-0.3, -0.25) is 4.79 Å². The summed E-state index contributed by atoms with van der Waals surface area (Å²) in [6.45, 7) is 1.86. The zero-order valence-corrected chi connectivity index (χ0v) is 17.6. The van der Waals surface area contributed by atoms with E-state index in [1.54, 1.807) is 0 Å². The number of fused-ring (bicyclic) bond motifs is 1. The minimum absolute atomic E-state index is 0.0969. The van der Waals surface area contributed by atoms with E-state index < -0.39 is 29.1 Å². The summed E-state index contributed by atoms with van der Waals surface area (Å²) in [7, 11) is 1.19. The first-order valence-corrected chi connectivity index (χ1v) is 10.3. The first kappa shape index (κ1) is 22.7. The molecule has 1 saturated heterocycles. The molecule has 33 heavy (non-hydrogen) atoms. The van der Waals surface area contributed by atoms with Gasteiger partial charge in [0.1, 0.15) is 18.0 Å². The number of ether oxygens (including phenoxy) is 2. The molecule has 0 saturated carbocycles. The molecule has 0 atom stereocenters. The van der Waals surface area contributed by atoms with Gasteiger partial charge in [-0.2, -0.15) is 13.2 Å². The van der Waals surface area contributed by atoms with E-state index >= 15 is 0 Å². The molecule has 0 radical (unpaired) electrons. The molecular weight excluding hydrogens is 443 g/mol. The minimum atomic E-state index is -5.03. The van der Waals surface area contributed by atoms with E-state index in [0.717, 1.165) is 30.8 Å². The van der Waals surface area contributed by atoms with E-state index in [0.29, 0.717) is 0 Å². The molecule has 7 nitrogen and oxygen atoms in total. The first-order chi connectivity index (χ1) is 15.7. The van der Waals surface area contributed by atoms with E-state index in [1.807, 2.05) is 0 Å². The summed E-state index contributed by atoms with van der Waals surface area (Å²) in [4.78, 5) is 25.7. The van der Waals surface area contributed by atoms with Crippen molar-refractivity contribution in [1.82, 2.24) is 0 Å². The molecular formula is C23H21F3NO6+. The lowest BCUT2D eigenvalue weighted by Gasteiger charge is -2.17.